The fraction of sp³-hybridized carbons (Fsp3) is 0.0588. The maximum Gasteiger partial charge on any atom is 0.269 e. The molecule has 118 valence electrons. The van der Waals surface area contributed by atoms with Crippen molar-refractivity contribution in [3.8, 4) is 11.4 Å². The second-order valence-corrected chi connectivity index (χ2v) is 5.35. The summed E-state index contributed by atoms with van der Waals surface area (Å²) < 4.78 is 5.31. The van der Waals surface area contributed by atoms with Crippen LogP contribution in [0.5, 0.6) is 0 Å². The highest BCUT2D eigenvalue weighted by molar-refractivity contribution is 5.83. The zero-order valence-electron chi connectivity index (χ0n) is 12.5. The van der Waals surface area contributed by atoms with Crippen molar-refractivity contribution in [1.29, 1.82) is 0 Å². The van der Waals surface area contributed by atoms with E-state index in [1.807, 2.05) is 30.5 Å². The van der Waals surface area contributed by atoms with E-state index in [2.05, 4.69) is 15.1 Å². The Hall–Kier alpha value is -3.48. The van der Waals surface area contributed by atoms with Gasteiger partial charge in [0, 0.05) is 34.8 Å². The van der Waals surface area contributed by atoms with E-state index in [1.54, 1.807) is 12.1 Å². The Balaban J connectivity index is 1.59. The van der Waals surface area contributed by atoms with Crippen molar-refractivity contribution in [1.82, 2.24) is 15.1 Å². The summed E-state index contributed by atoms with van der Waals surface area (Å²) in [5.74, 6) is 0.910. The van der Waals surface area contributed by atoms with Crippen molar-refractivity contribution >= 4 is 16.6 Å². The summed E-state index contributed by atoms with van der Waals surface area (Å²) in [6.07, 6.45) is 2.45. The van der Waals surface area contributed by atoms with Crippen molar-refractivity contribution in [2.24, 2.45) is 0 Å². The fourth-order valence-electron chi connectivity index (χ4n) is 2.62. The summed E-state index contributed by atoms with van der Waals surface area (Å²) >= 11 is 0. The molecule has 7 heteroatoms. The van der Waals surface area contributed by atoms with Crippen LogP contribution in [0.1, 0.15) is 11.5 Å². The molecule has 0 saturated heterocycles. The predicted molar refractivity (Wildman–Crippen MR) is 87.5 cm³/mol. The van der Waals surface area contributed by atoms with E-state index >= 15 is 0 Å². The van der Waals surface area contributed by atoms with E-state index in [9.17, 15) is 10.1 Å². The molecule has 4 aromatic rings. The summed E-state index contributed by atoms with van der Waals surface area (Å²) in [5.41, 5.74) is 2.84. The van der Waals surface area contributed by atoms with Crippen LogP contribution < -0.4 is 0 Å². The van der Waals surface area contributed by atoms with Crippen molar-refractivity contribution in [3.63, 3.8) is 0 Å². The molecule has 0 aliphatic heterocycles. The number of aromatic nitrogens is 3. The number of hydrogen-bond acceptors (Lipinski definition) is 5. The Labute approximate surface area is 136 Å². The lowest BCUT2D eigenvalue weighted by Crippen LogP contribution is -1.89. The van der Waals surface area contributed by atoms with Crippen LogP contribution in [0.3, 0.4) is 0 Å². The third kappa shape index (κ3) is 2.52. The Kier molecular flexibility index (Phi) is 3.31. The van der Waals surface area contributed by atoms with Gasteiger partial charge in [0.1, 0.15) is 0 Å². The third-order valence-corrected chi connectivity index (χ3v) is 3.82. The van der Waals surface area contributed by atoms with Gasteiger partial charge in [-0.3, -0.25) is 10.1 Å². The summed E-state index contributed by atoms with van der Waals surface area (Å²) in [7, 11) is 0. The molecule has 0 bridgehead atoms. The van der Waals surface area contributed by atoms with Crippen molar-refractivity contribution < 1.29 is 9.45 Å². The number of aromatic amines is 1. The molecule has 2 heterocycles. The van der Waals surface area contributed by atoms with Crippen molar-refractivity contribution in [3.05, 3.63) is 76.3 Å². The molecule has 24 heavy (non-hydrogen) atoms. The lowest BCUT2D eigenvalue weighted by molar-refractivity contribution is -0.384. The summed E-state index contributed by atoms with van der Waals surface area (Å²) in [6.45, 7) is 0. The number of fused-ring (bicyclic) bond motifs is 1. The number of para-hydroxylation sites is 1. The van der Waals surface area contributed by atoms with Gasteiger partial charge in [-0.05, 0) is 23.8 Å². The number of nitro benzene ring substituents is 1. The van der Waals surface area contributed by atoms with Crippen LogP contribution in [-0.2, 0) is 6.42 Å². The van der Waals surface area contributed by atoms with Crippen LogP contribution in [0.15, 0.2) is 59.3 Å². The second kappa shape index (κ2) is 5.62. The molecule has 0 aliphatic rings. The average molecular weight is 320 g/mol. The van der Waals surface area contributed by atoms with Crippen molar-refractivity contribution in [2.45, 2.75) is 6.42 Å². The Bertz CT molecular complexity index is 1020. The van der Waals surface area contributed by atoms with Crippen LogP contribution in [0, 0.1) is 10.1 Å². The van der Waals surface area contributed by atoms with E-state index in [-0.39, 0.29) is 5.69 Å². The molecule has 2 aromatic carbocycles. The molecule has 0 spiro atoms. The third-order valence-electron chi connectivity index (χ3n) is 3.82. The quantitative estimate of drug-likeness (QED) is 0.456. The molecule has 0 fully saturated rings. The number of nitro groups is 1. The molecule has 0 saturated carbocycles. The fourth-order valence-corrected chi connectivity index (χ4v) is 2.62. The number of benzene rings is 2. The first-order valence-corrected chi connectivity index (χ1v) is 7.33. The van der Waals surface area contributed by atoms with Gasteiger partial charge >= 0.3 is 0 Å². The molecule has 2 aromatic heterocycles. The minimum atomic E-state index is -0.442. The molecule has 7 nitrogen and oxygen atoms in total. The number of non-ortho nitro benzene ring substituents is 1. The van der Waals surface area contributed by atoms with E-state index < -0.39 is 4.92 Å². The first-order chi connectivity index (χ1) is 11.7. The number of rotatable bonds is 4. The van der Waals surface area contributed by atoms with E-state index in [1.165, 1.54) is 12.1 Å². The highest BCUT2D eigenvalue weighted by Gasteiger charge is 2.13. The lowest BCUT2D eigenvalue weighted by Gasteiger charge is -1.94. The molecule has 1 N–H and O–H groups in total. The number of hydrogen-bond donors (Lipinski definition) is 1. The first kappa shape index (κ1) is 14.1. The normalized spacial score (nSPS) is 11.0. The maximum atomic E-state index is 10.7. The van der Waals surface area contributed by atoms with Gasteiger partial charge in [0.2, 0.25) is 11.7 Å². The molecule has 0 radical (unpaired) electrons. The summed E-state index contributed by atoms with van der Waals surface area (Å²) in [4.78, 5) is 17.8. The highest BCUT2D eigenvalue weighted by Crippen LogP contribution is 2.23. The highest BCUT2D eigenvalue weighted by atomic mass is 16.6. The van der Waals surface area contributed by atoms with Gasteiger partial charge in [-0.2, -0.15) is 4.98 Å². The van der Waals surface area contributed by atoms with Gasteiger partial charge in [-0.15, -0.1) is 0 Å². The number of H-pyrrole nitrogens is 1. The SMILES string of the molecule is O=[N+]([O-])c1ccc(-c2noc(Cc3c[nH]c4ccccc34)n2)cc1. The van der Waals surface area contributed by atoms with Gasteiger partial charge in [-0.25, -0.2) is 0 Å². The zero-order valence-corrected chi connectivity index (χ0v) is 12.5. The minimum absolute atomic E-state index is 0.0289. The van der Waals surface area contributed by atoms with Crippen LogP contribution in [0.25, 0.3) is 22.3 Å². The smallest absolute Gasteiger partial charge is 0.269 e. The Morgan fingerprint density at radius 2 is 1.92 bits per heavy atom. The molecule has 0 atom stereocenters. The van der Waals surface area contributed by atoms with Crippen molar-refractivity contribution in [2.75, 3.05) is 0 Å². The van der Waals surface area contributed by atoms with Crippen LogP contribution in [0.4, 0.5) is 5.69 Å². The van der Waals surface area contributed by atoms with E-state index in [4.69, 9.17) is 4.52 Å². The monoisotopic (exact) mass is 320 g/mol. The van der Waals surface area contributed by atoms with Gasteiger partial charge in [0.05, 0.1) is 11.3 Å². The topological polar surface area (TPSA) is 97.9 Å². The largest absolute Gasteiger partial charge is 0.361 e. The van der Waals surface area contributed by atoms with Gasteiger partial charge < -0.3 is 9.51 Å². The average Bonchev–Trinajstić information content (AvgIpc) is 3.23. The van der Waals surface area contributed by atoms with Crippen LogP contribution >= 0.6 is 0 Å². The van der Waals surface area contributed by atoms with Crippen LogP contribution in [0.2, 0.25) is 0 Å². The Morgan fingerprint density at radius 3 is 2.71 bits per heavy atom. The first-order valence-electron chi connectivity index (χ1n) is 7.33. The second-order valence-electron chi connectivity index (χ2n) is 5.35. The lowest BCUT2D eigenvalue weighted by atomic mass is 10.1. The maximum absolute atomic E-state index is 10.7. The molecule has 0 aliphatic carbocycles. The zero-order chi connectivity index (χ0) is 16.5. The number of nitrogens with zero attached hydrogens (tertiary/aromatic N) is 3. The minimum Gasteiger partial charge on any atom is -0.361 e. The van der Waals surface area contributed by atoms with Gasteiger partial charge in [-0.1, -0.05) is 23.4 Å². The molecule has 4 rings (SSSR count). The number of nitrogens with one attached hydrogen (secondary N) is 1. The van der Waals surface area contributed by atoms with E-state index in [0.29, 0.717) is 23.7 Å². The van der Waals surface area contributed by atoms with Crippen LogP contribution in [-0.4, -0.2) is 20.0 Å². The molecule has 0 unspecified atom stereocenters. The summed E-state index contributed by atoms with van der Waals surface area (Å²) in [5, 5.41) is 15.8. The summed E-state index contributed by atoms with van der Waals surface area (Å²) in [6, 6.07) is 14.1. The molecule has 0 amide bonds. The predicted octanol–water partition coefficient (Wildman–Crippen LogP) is 3.72. The van der Waals surface area contributed by atoms with E-state index in [0.717, 1.165) is 16.5 Å². The Morgan fingerprint density at radius 1 is 1.12 bits per heavy atom. The molecular weight excluding hydrogens is 308 g/mol. The van der Waals surface area contributed by atoms with Gasteiger partial charge in [0.15, 0.2) is 0 Å². The molecular formula is C17H12N4O3. The van der Waals surface area contributed by atoms with Gasteiger partial charge in [0.25, 0.3) is 5.69 Å². The standard InChI is InChI=1S/C17H12N4O3/c22-21(23)13-7-5-11(6-8-13)17-19-16(24-20-17)9-12-10-18-15-4-2-1-3-14(12)15/h1-8,10,18H,9H2.